The molecule has 2 heterocycles. The van der Waals surface area contributed by atoms with Gasteiger partial charge < -0.3 is 24.8 Å². The number of methoxy groups -OCH3 is 3. The van der Waals surface area contributed by atoms with Crippen LogP contribution in [-0.2, 0) is 16.1 Å². The normalized spacial score (nSPS) is 16.3. The highest BCUT2D eigenvalue weighted by atomic mass is 32.2. The van der Waals surface area contributed by atoms with E-state index in [4.69, 9.17) is 14.2 Å². The van der Waals surface area contributed by atoms with Gasteiger partial charge in [-0.05, 0) is 48.2 Å². The lowest BCUT2D eigenvalue weighted by molar-refractivity contribution is -0.118. The second kappa shape index (κ2) is 13.9. The number of nitriles is 1. The number of nitrogens with one attached hydrogen (secondary N) is 2. The number of carbonyl (C=O) groups is 2. The second-order valence-electron chi connectivity index (χ2n) is 8.97. The molecule has 1 aliphatic heterocycles. The zero-order valence-electron chi connectivity index (χ0n) is 23.1. The third kappa shape index (κ3) is 6.90. The van der Waals surface area contributed by atoms with Crippen LogP contribution in [0.25, 0.3) is 0 Å². The number of hydrogen-bond acceptors (Lipinski definition) is 9. The van der Waals surface area contributed by atoms with Crippen LogP contribution in [-0.4, -0.2) is 43.9 Å². The van der Waals surface area contributed by atoms with Crippen molar-refractivity contribution in [2.24, 2.45) is 10.9 Å². The van der Waals surface area contributed by atoms with Crippen molar-refractivity contribution in [3.8, 4) is 23.3 Å². The Balaban J connectivity index is 1.51. The number of nitrogens with zero attached hydrogens (tertiary/aromatic N) is 2. The number of aliphatic imine (C=N–C) groups is 1. The zero-order valence-corrected chi connectivity index (χ0v) is 24.7. The highest BCUT2D eigenvalue weighted by Gasteiger charge is 2.39. The molecule has 212 valence electrons. The predicted octanol–water partition coefficient (Wildman–Crippen LogP) is 5.37. The topological polar surface area (TPSA) is 122 Å². The SMILES string of the molecule is COc1cc(CNC(=O)CSC2=NC(C)=C(C(=O)Nc3ccccc3)C(c3cccs3)C2C#N)cc(OC)c1OC. The average molecular weight is 591 g/mol. The van der Waals surface area contributed by atoms with Crippen molar-refractivity contribution in [3.63, 3.8) is 0 Å². The van der Waals surface area contributed by atoms with Gasteiger partial charge in [-0.25, -0.2) is 4.99 Å². The maximum absolute atomic E-state index is 13.4. The van der Waals surface area contributed by atoms with E-state index in [0.29, 0.717) is 39.2 Å². The predicted molar refractivity (Wildman–Crippen MR) is 162 cm³/mol. The van der Waals surface area contributed by atoms with E-state index < -0.39 is 11.8 Å². The van der Waals surface area contributed by atoms with Gasteiger partial charge in [-0.3, -0.25) is 9.59 Å². The van der Waals surface area contributed by atoms with Crippen molar-refractivity contribution >= 4 is 45.6 Å². The van der Waals surface area contributed by atoms with Crippen molar-refractivity contribution in [1.82, 2.24) is 5.32 Å². The highest BCUT2D eigenvalue weighted by molar-refractivity contribution is 8.14. The number of benzene rings is 2. The Kier molecular flexibility index (Phi) is 10.1. The molecule has 1 aromatic heterocycles. The molecule has 0 bridgehead atoms. The number of ether oxygens (including phenoxy) is 3. The fourth-order valence-corrected chi connectivity index (χ4v) is 6.33. The Bertz CT molecular complexity index is 1470. The fraction of sp³-hybridized carbons (Fsp3) is 0.267. The first-order valence-electron chi connectivity index (χ1n) is 12.7. The number of amides is 2. The Morgan fingerprint density at radius 3 is 2.34 bits per heavy atom. The fourth-order valence-electron chi connectivity index (χ4n) is 4.51. The molecule has 0 radical (unpaired) electrons. The van der Waals surface area contributed by atoms with Gasteiger partial charge in [-0.1, -0.05) is 36.0 Å². The van der Waals surface area contributed by atoms with E-state index in [-0.39, 0.29) is 24.1 Å². The van der Waals surface area contributed by atoms with Gasteiger partial charge in [-0.15, -0.1) is 11.3 Å². The second-order valence-corrected chi connectivity index (χ2v) is 10.9. The molecule has 3 aromatic rings. The molecule has 41 heavy (non-hydrogen) atoms. The van der Waals surface area contributed by atoms with Crippen LogP contribution in [0, 0.1) is 17.2 Å². The molecule has 1 aliphatic rings. The monoisotopic (exact) mass is 590 g/mol. The van der Waals surface area contributed by atoms with Gasteiger partial charge >= 0.3 is 0 Å². The summed E-state index contributed by atoms with van der Waals surface area (Å²) in [5.41, 5.74) is 2.39. The van der Waals surface area contributed by atoms with E-state index in [1.165, 1.54) is 44.4 Å². The minimum Gasteiger partial charge on any atom is -0.493 e. The third-order valence-electron chi connectivity index (χ3n) is 6.41. The van der Waals surface area contributed by atoms with Crippen LogP contribution in [0.5, 0.6) is 17.2 Å². The summed E-state index contributed by atoms with van der Waals surface area (Å²) in [5, 5.41) is 18.5. The van der Waals surface area contributed by atoms with Crippen molar-refractivity contribution in [1.29, 1.82) is 5.26 Å². The number of anilines is 1. The quantitative estimate of drug-likeness (QED) is 0.325. The molecule has 0 saturated carbocycles. The van der Waals surface area contributed by atoms with Crippen LogP contribution in [0.2, 0.25) is 0 Å². The van der Waals surface area contributed by atoms with Gasteiger partial charge in [-0.2, -0.15) is 5.26 Å². The van der Waals surface area contributed by atoms with Gasteiger partial charge in [0, 0.05) is 34.3 Å². The van der Waals surface area contributed by atoms with E-state index in [9.17, 15) is 14.9 Å². The molecule has 2 amide bonds. The molecule has 0 aliphatic carbocycles. The van der Waals surface area contributed by atoms with Crippen LogP contribution in [0.1, 0.15) is 23.3 Å². The molecule has 0 fully saturated rings. The molecule has 2 N–H and O–H groups in total. The number of thiophene rings is 1. The first-order valence-corrected chi connectivity index (χ1v) is 14.5. The number of hydrogen-bond donors (Lipinski definition) is 2. The maximum Gasteiger partial charge on any atom is 0.254 e. The lowest BCUT2D eigenvalue weighted by Crippen LogP contribution is -2.32. The Morgan fingerprint density at radius 1 is 1.05 bits per heavy atom. The van der Waals surface area contributed by atoms with Crippen LogP contribution >= 0.6 is 23.1 Å². The molecule has 2 unspecified atom stereocenters. The van der Waals surface area contributed by atoms with Crippen LogP contribution < -0.4 is 24.8 Å². The maximum atomic E-state index is 13.4. The summed E-state index contributed by atoms with van der Waals surface area (Å²) in [7, 11) is 4.59. The third-order valence-corrected chi connectivity index (χ3v) is 8.41. The number of thioether (sulfide) groups is 1. The van der Waals surface area contributed by atoms with Crippen LogP contribution in [0.4, 0.5) is 5.69 Å². The first kappa shape index (κ1) is 29.7. The van der Waals surface area contributed by atoms with Gasteiger partial charge in [0.05, 0.1) is 38.2 Å². The van der Waals surface area contributed by atoms with E-state index in [1.54, 1.807) is 31.2 Å². The van der Waals surface area contributed by atoms with E-state index in [1.807, 2.05) is 35.7 Å². The van der Waals surface area contributed by atoms with Crippen molar-refractivity contribution in [3.05, 3.63) is 81.7 Å². The first-order chi connectivity index (χ1) is 19.9. The smallest absolute Gasteiger partial charge is 0.254 e. The van der Waals surface area contributed by atoms with Crippen molar-refractivity contribution < 1.29 is 23.8 Å². The average Bonchev–Trinajstić information content (AvgIpc) is 3.53. The van der Waals surface area contributed by atoms with Crippen LogP contribution in [0.15, 0.2) is 76.2 Å². The Hall–Kier alpha value is -4.27. The summed E-state index contributed by atoms with van der Waals surface area (Å²) in [6.45, 7) is 2.00. The van der Waals surface area contributed by atoms with Gasteiger partial charge in [0.25, 0.3) is 5.91 Å². The summed E-state index contributed by atoms with van der Waals surface area (Å²) in [4.78, 5) is 31.8. The number of allylic oxidation sites excluding steroid dienone is 1. The molecular formula is C30H30N4O5S2. The molecule has 2 aromatic carbocycles. The Labute approximate surface area is 247 Å². The molecule has 0 spiro atoms. The Morgan fingerprint density at radius 2 is 1.76 bits per heavy atom. The van der Waals surface area contributed by atoms with Gasteiger partial charge in [0.1, 0.15) is 5.92 Å². The molecule has 0 saturated heterocycles. The summed E-state index contributed by atoms with van der Waals surface area (Å²) < 4.78 is 16.1. The largest absolute Gasteiger partial charge is 0.493 e. The van der Waals surface area contributed by atoms with Crippen molar-refractivity contribution in [2.75, 3.05) is 32.4 Å². The van der Waals surface area contributed by atoms with E-state index in [0.717, 1.165) is 10.4 Å². The number of rotatable bonds is 10. The molecule has 4 rings (SSSR count). The lowest BCUT2D eigenvalue weighted by Gasteiger charge is -2.29. The molecule has 11 heteroatoms. The van der Waals surface area contributed by atoms with Gasteiger partial charge in [0.2, 0.25) is 11.7 Å². The van der Waals surface area contributed by atoms with E-state index >= 15 is 0 Å². The zero-order chi connectivity index (χ0) is 29.4. The minimum absolute atomic E-state index is 0.0530. The highest BCUT2D eigenvalue weighted by Crippen LogP contribution is 2.43. The summed E-state index contributed by atoms with van der Waals surface area (Å²) in [6, 6.07) is 18.9. The van der Waals surface area contributed by atoms with Crippen LogP contribution in [0.3, 0.4) is 0 Å². The van der Waals surface area contributed by atoms with Crippen molar-refractivity contribution in [2.45, 2.75) is 19.4 Å². The summed E-state index contributed by atoms with van der Waals surface area (Å²) >= 11 is 2.68. The standard InChI is InChI=1S/C30H30N4O5S2/c1-18-26(29(36)34-20-9-6-5-7-10-20)27(24-11-8-12-40-24)21(15-31)30(33-18)41-17-25(35)32-16-19-13-22(37-2)28(39-4)23(14-19)38-3/h5-14,21,27H,16-17H2,1-4H3,(H,32,35)(H,34,36). The summed E-state index contributed by atoms with van der Waals surface area (Å²) in [5.74, 6) is -0.252. The molecule has 2 atom stereocenters. The molecule has 9 nitrogen and oxygen atoms in total. The van der Waals surface area contributed by atoms with Gasteiger partial charge in [0.15, 0.2) is 11.5 Å². The minimum atomic E-state index is -0.721. The number of para-hydroxylation sites is 1. The van der Waals surface area contributed by atoms with E-state index in [2.05, 4.69) is 21.7 Å². The summed E-state index contributed by atoms with van der Waals surface area (Å²) in [6.07, 6.45) is 0. The molecular weight excluding hydrogens is 560 g/mol. The number of carbonyl (C=O) groups excluding carboxylic acids is 2. The lowest BCUT2D eigenvalue weighted by atomic mass is 9.82.